The van der Waals surface area contributed by atoms with Gasteiger partial charge in [-0.1, -0.05) is 17.7 Å². The fourth-order valence-electron chi connectivity index (χ4n) is 2.30. The number of ether oxygens (including phenoxy) is 1. The van der Waals surface area contributed by atoms with E-state index in [2.05, 4.69) is 23.4 Å². The van der Waals surface area contributed by atoms with E-state index in [4.69, 9.17) is 4.74 Å². The fraction of sp³-hybridized carbons (Fsp3) is 0.412. The lowest BCUT2D eigenvalue weighted by Gasteiger charge is -2.09. The number of benzene rings is 1. The molecule has 0 unspecified atom stereocenters. The van der Waals surface area contributed by atoms with Crippen LogP contribution in [0.3, 0.4) is 0 Å². The first-order valence-electron chi connectivity index (χ1n) is 7.63. The molecule has 1 amide bonds. The minimum absolute atomic E-state index is 0.114. The molecule has 1 aliphatic carbocycles. The van der Waals surface area contributed by atoms with Crippen LogP contribution in [0.5, 0.6) is 5.75 Å². The van der Waals surface area contributed by atoms with Gasteiger partial charge in [0.1, 0.15) is 11.4 Å². The van der Waals surface area contributed by atoms with Crippen LogP contribution in [0.1, 0.15) is 34.5 Å². The third-order valence-electron chi connectivity index (χ3n) is 3.80. The maximum absolute atomic E-state index is 11.9. The van der Waals surface area contributed by atoms with E-state index in [0.29, 0.717) is 18.3 Å². The Balaban J connectivity index is 1.55. The number of aromatic nitrogens is 2. The zero-order valence-electron chi connectivity index (χ0n) is 13.0. The van der Waals surface area contributed by atoms with Gasteiger partial charge in [-0.25, -0.2) is 4.68 Å². The summed E-state index contributed by atoms with van der Waals surface area (Å²) in [6, 6.07) is 7.77. The highest BCUT2D eigenvalue weighted by Gasteiger charge is 2.22. The molecule has 1 aliphatic rings. The molecule has 22 heavy (non-hydrogen) atoms. The number of nitrogens with zero attached hydrogens (tertiary/aromatic N) is 2. The third kappa shape index (κ3) is 3.67. The SMILES string of the molecule is Cc1ccc(OCn2ccc(C(=O)NCC3CC3)n2)c(C)c1. The van der Waals surface area contributed by atoms with E-state index in [1.165, 1.54) is 18.4 Å². The van der Waals surface area contributed by atoms with Crippen LogP contribution in [0.4, 0.5) is 0 Å². The Morgan fingerprint density at radius 1 is 1.36 bits per heavy atom. The van der Waals surface area contributed by atoms with Crippen molar-refractivity contribution in [3.63, 3.8) is 0 Å². The number of hydrogen-bond acceptors (Lipinski definition) is 3. The number of amides is 1. The quantitative estimate of drug-likeness (QED) is 0.892. The summed E-state index contributed by atoms with van der Waals surface area (Å²) in [6.45, 7) is 5.11. The third-order valence-corrected chi connectivity index (χ3v) is 3.80. The Bertz CT molecular complexity index is 674. The van der Waals surface area contributed by atoms with Gasteiger partial charge in [-0.3, -0.25) is 4.79 Å². The van der Waals surface area contributed by atoms with Crippen molar-refractivity contribution >= 4 is 5.91 Å². The molecule has 5 nitrogen and oxygen atoms in total. The van der Waals surface area contributed by atoms with Gasteiger partial charge < -0.3 is 10.1 Å². The molecule has 1 N–H and O–H groups in total. The highest BCUT2D eigenvalue weighted by molar-refractivity contribution is 5.92. The Morgan fingerprint density at radius 2 is 2.18 bits per heavy atom. The summed E-state index contributed by atoms with van der Waals surface area (Å²) in [7, 11) is 0. The standard InChI is InChI=1S/C17H21N3O2/c1-12-3-6-16(13(2)9-12)22-11-20-8-7-15(19-20)17(21)18-10-14-4-5-14/h3,6-9,14H,4-5,10-11H2,1-2H3,(H,18,21). The smallest absolute Gasteiger partial charge is 0.271 e. The number of carbonyl (C=O) groups is 1. The molecule has 2 aromatic rings. The lowest BCUT2D eigenvalue weighted by molar-refractivity contribution is 0.0944. The minimum Gasteiger partial charge on any atom is -0.471 e. The number of nitrogens with one attached hydrogen (secondary N) is 1. The Kier molecular flexibility index (Phi) is 4.13. The van der Waals surface area contributed by atoms with Crippen LogP contribution in [0.2, 0.25) is 0 Å². The Hall–Kier alpha value is -2.30. The monoisotopic (exact) mass is 299 g/mol. The van der Waals surface area contributed by atoms with Crippen LogP contribution >= 0.6 is 0 Å². The first kappa shape index (κ1) is 14.6. The molecule has 116 valence electrons. The average Bonchev–Trinajstić information content (AvgIpc) is 3.20. The zero-order chi connectivity index (χ0) is 15.5. The molecule has 0 spiro atoms. The maximum Gasteiger partial charge on any atom is 0.271 e. The molecule has 1 aromatic heterocycles. The molecule has 0 atom stereocenters. The zero-order valence-corrected chi connectivity index (χ0v) is 13.0. The molecule has 0 aliphatic heterocycles. The molecule has 0 bridgehead atoms. The lowest BCUT2D eigenvalue weighted by atomic mass is 10.1. The summed E-state index contributed by atoms with van der Waals surface area (Å²) in [4.78, 5) is 11.9. The summed E-state index contributed by atoms with van der Waals surface area (Å²) in [5, 5.41) is 7.16. The largest absolute Gasteiger partial charge is 0.471 e. The second-order valence-electron chi connectivity index (χ2n) is 5.94. The van der Waals surface area contributed by atoms with Crippen LogP contribution in [-0.2, 0) is 6.73 Å². The van der Waals surface area contributed by atoms with E-state index in [9.17, 15) is 4.79 Å². The molecular weight excluding hydrogens is 278 g/mol. The van der Waals surface area contributed by atoms with Crippen LogP contribution < -0.4 is 10.1 Å². The summed E-state index contributed by atoms with van der Waals surface area (Å²) in [6.07, 6.45) is 4.20. The van der Waals surface area contributed by atoms with Crippen molar-refractivity contribution in [3.8, 4) is 5.75 Å². The topological polar surface area (TPSA) is 56.1 Å². The van der Waals surface area contributed by atoms with Gasteiger partial charge in [-0.05, 0) is 50.3 Å². The van der Waals surface area contributed by atoms with Gasteiger partial charge in [-0.2, -0.15) is 5.10 Å². The van der Waals surface area contributed by atoms with E-state index in [1.807, 2.05) is 19.1 Å². The maximum atomic E-state index is 11.9. The molecule has 1 fully saturated rings. The number of rotatable bonds is 6. The average molecular weight is 299 g/mol. The normalized spacial score (nSPS) is 13.9. The predicted molar refractivity (Wildman–Crippen MR) is 83.8 cm³/mol. The number of aryl methyl sites for hydroxylation is 2. The van der Waals surface area contributed by atoms with Gasteiger partial charge >= 0.3 is 0 Å². The second-order valence-corrected chi connectivity index (χ2v) is 5.94. The minimum atomic E-state index is -0.114. The van der Waals surface area contributed by atoms with E-state index in [-0.39, 0.29) is 5.91 Å². The molecule has 0 radical (unpaired) electrons. The van der Waals surface area contributed by atoms with Gasteiger partial charge in [-0.15, -0.1) is 0 Å². The molecular formula is C17H21N3O2. The van der Waals surface area contributed by atoms with E-state index in [1.54, 1.807) is 16.9 Å². The van der Waals surface area contributed by atoms with Crippen LogP contribution in [0, 0.1) is 19.8 Å². The van der Waals surface area contributed by atoms with Gasteiger partial charge in [0.05, 0.1) is 0 Å². The number of hydrogen-bond donors (Lipinski definition) is 1. The van der Waals surface area contributed by atoms with Crippen molar-refractivity contribution in [3.05, 3.63) is 47.3 Å². The Morgan fingerprint density at radius 3 is 2.91 bits per heavy atom. The van der Waals surface area contributed by atoms with Crippen molar-refractivity contribution in [2.24, 2.45) is 5.92 Å². The Labute approximate surface area is 130 Å². The fourth-order valence-corrected chi connectivity index (χ4v) is 2.30. The first-order valence-corrected chi connectivity index (χ1v) is 7.63. The van der Waals surface area contributed by atoms with Gasteiger partial charge in [0.25, 0.3) is 5.91 Å². The van der Waals surface area contributed by atoms with Crippen molar-refractivity contribution < 1.29 is 9.53 Å². The number of carbonyl (C=O) groups excluding carboxylic acids is 1. The highest BCUT2D eigenvalue weighted by Crippen LogP contribution is 2.27. The second kappa shape index (κ2) is 6.22. The molecule has 3 rings (SSSR count). The van der Waals surface area contributed by atoms with Crippen molar-refractivity contribution in [1.82, 2.24) is 15.1 Å². The van der Waals surface area contributed by atoms with E-state index >= 15 is 0 Å². The molecule has 5 heteroatoms. The van der Waals surface area contributed by atoms with E-state index in [0.717, 1.165) is 17.9 Å². The van der Waals surface area contributed by atoms with E-state index < -0.39 is 0 Å². The lowest BCUT2D eigenvalue weighted by Crippen LogP contribution is -2.26. The van der Waals surface area contributed by atoms with Crippen molar-refractivity contribution in [2.45, 2.75) is 33.4 Å². The van der Waals surface area contributed by atoms with Crippen LogP contribution in [0.15, 0.2) is 30.5 Å². The molecule has 1 saturated carbocycles. The summed E-state index contributed by atoms with van der Waals surface area (Å²) in [5.41, 5.74) is 2.73. The van der Waals surface area contributed by atoms with Gasteiger partial charge in [0, 0.05) is 12.7 Å². The van der Waals surface area contributed by atoms with Gasteiger partial charge in [0.15, 0.2) is 6.73 Å². The van der Waals surface area contributed by atoms with Crippen molar-refractivity contribution in [1.29, 1.82) is 0 Å². The molecule has 1 aromatic carbocycles. The summed E-state index contributed by atoms with van der Waals surface area (Å²) >= 11 is 0. The van der Waals surface area contributed by atoms with Crippen LogP contribution in [-0.4, -0.2) is 22.2 Å². The first-order chi connectivity index (χ1) is 10.6. The summed E-state index contributed by atoms with van der Waals surface area (Å²) < 4.78 is 7.38. The highest BCUT2D eigenvalue weighted by atomic mass is 16.5. The molecule has 1 heterocycles. The van der Waals surface area contributed by atoms with Crippen LogP contribution in [0.25, 0.3) is 0 Å². The predicted octanol–water partition coefficient (Wildman–Crippen LogP) is 2.68. The van der Waals surface area contributed by atoms with Crippen molar-refractivity contribution in [2.75, 3.05) is 6.54 Å². The summed E-state index contributed by atoms with van der Waals surface area (Å²) in [5.74, 6) is 1.39. The molecule has 0 saturated heterocycles. The van der Waals surface area contributed by atoms with Gasteiger partial charge in [0.2, 0.25) is 0 Å².